The fourth-order valence-corrected chi connectivity index (χ4v) is 3.12. The summed E-state index contributed by atoms with van der Waals surface area (Å²) in [5.41, 5.74) is -0.216. The molecule has 9 heteroatoms. The molecule has 1 aromatic carbocycles. The van der Waals surface area contributed by atoms with Gasteiger partial charge in [-0.1, -0.05) is 11.6 Å². The van der Waals surface area contributed by atoms with Gasteiger partial charge in [-0.05, 0) is 13.0 Å². The van der Waals surface area contributed by atoms with E-state index in [-0.39, 0.29) is 33.9 Å². The smallest absolute Gasteiger partial charge is 0.339 e. The summed E-state index contributed by atoms with van der Waals surface area (Å²) < 4.78 is 36.5. The van der Waals surface area contributed by atoms with Crippen molar-refractivity contribution in [3.63, 3.8) is 0 Å². The lowest BCUT2D eigenvalue weighted by atomic mass is 10.2. The number of benzene rings is 1. The maximum absolute atomic E-state index is 12.2. The first-order chi connectivity index (χ1) is 9.72. The van der Waals surface area contributed by atoms with Gasteiger partial charge in [0.1, 0.15) is 16.2 Å². The molecule has 1 aromatic rings. The summed E-state index contributed by atoms with van der Waals surface area (Å²) in [6.07, 6.45) is -0.321. The Balaban J connectivity index is 3.21. The fourth-order valence-electron chi connectivity index (χ4n) is 1.46. The van der Waals surface area contributed by atoms with Crippen LogP contribution in [0.3, 0.4) is 0 Å². The molecule has 0 radical (unpaired) electrons. The third kappa shape index (κ3) is 4.31. The molecule has 21 heavy (non-hydrogen) atoms. The van der Waals surface area contributed by atoms with Gasteiger partial charge in [-0.15, -0.1) is 0 Å². The molecule has 0 aliphatic heterocycles. The largest absolute Gasteiger partial charge is 0.496 e. The Morgan fingerprint density at radius 3 is 2.52 bits per heavy atom. The van der Waals surface area contributed by atoms with E-state index < -0.39 is 16.0 Å². The second kappa shape index (κ2) is 7.08. The minimum atomic E-state index is -3.91. The number of hydrogen-bond donors (Lipinski definition) is 2. The zero-order valence-electron chi connectivity index (χ0n) is 11.7. The molecule has 0 aliphatic carbocycles. The van der Waals surface area contributed by atoms with E-state index >= 15 is 0 Å². The molecule has 0 aliphatic rings. The lowest BCUT2D eigenvalue weighted by Crippen LogP contribution is -2.31. The first-order valence-electron chi connectivity index (χ1n) is 5.86. The summed E-state index contributed by atoms with van der Waals surface area (Å²) in [7, 11) is -1.21. The Morgan fingerprint density at radius 1 is 1.43 bits per heavy atom. The van der Waals surface area contributed by atoms with Crippen molar-refractivity contribution < 1.29 is 27.8 Å². The maximum Gasteiger partial charge on any atom is 0.339 e. The quantitative estimate of drug-likeness (QED) is 0.779. The van der Waals surface area contributed by atoms with Crippen LogP contribution in [0.1, 0.15) is 17.3 Å². The number of rotatable bonds is 7. The normalized spacial score (nSPS) is 13.0. The molecule has 118 valence electrons. The molecule has 2 N–H and O–H groups in total. The third-order valence-corrected chi connectivity index (χ3v) is 4.63. The molecule has 0 bridgehead atoms. The molecule has 0 saturated carbocycles. The first-order valence-corrected chi connectivity index (χ1v) is 7.72. The maximum atomic E-state index is 12.2. The number of ether oxygens (including phenoxy) is 2. The Labute approximate surface area is 127 Å². The van der Waals surface area contributed by atoms with Crippen molar-refractivity contribution in [2.45, 2.75) is 17.9 Å². The number of hydrogen-bond acceptors (Lipinski definition) is 5. The van der Waals surface area contributed by atoms with E-state index in [9.17, 15) is 13.2 Å². The molecule has 7 nitrogen and oxygen atoms in total. The Kier molecular flexibility index (Phi) is 5.97. The average Bonchev–Trinajstić information content (AvgIpc) is 2.44. The van der Waals surface area contributed by atoms with Crippen molar-refractivity contribution in [1.82, 2.24) is 4.72 Å². The van der Waals surface area contributed by atoms with Gasteiger partial charge in [-0.2, -0.15) is 0 Å². The zero-order valence-corrected chi connectivity index (χ0v) is 13.3. The molecule has 0 saturated heterocycles. The van der Waals surface area contributed by atoms with Gasteiger partial charge in [-0.3, -0.25) is 0 Å². The number of sulfonamides is 1. The molecule has 0 heterocycles. The summed E-state index contributed by atoms with van der Waals surface area (Å²) in [6.45, 7) is 1.75. The van der Waals surface area contributed by atoms with Crippen LogP contribution in [0, 0.1) is 0 Å². The second-order valence-corrected chi connectivity index (χ2v) is 6.33. The summed E-state index contributed by atoms with van der Waals surface area (Å²) in [4.78, 5) is 10.8. The fraction of sp³-hybridized carbons (Fsp3) is 0.417. The molecular weight excluding hydrogens is 322 g/mol. The van der Waals surface area contributed by atoms with Gasteiger partial charge < -0.3 is 14.6 Å². The number of carboxylic acid groups (broad SMARTS) is 1. The van der Waals surface area contributed by atoms with Crippen LogP contribution >= 0.6 is 11.6 Å². The van der Waals surface area contributed by atoms with Crippen LogP contribution in [-0.4, -0.2) is 46.4 Å². The number of aromatic carboxylic acids is 1. The summed E-state index contributed by atoms with van der Waals surface area (Å²) in [5, 5.41) is 8.80. The van der Waals surface area contributed by atoms with E-state index in [2.05, 4.69) is 4.72 Å². The highest BCUT2D eigenvalue weighted by atomic mass is 35.5. The molecule has 0 amide bonds. The number of halogens is 1. The number of carboxylic acids is 1. The highest BCUT2D eigenvalue weighted by Crippen LogP contribution is 2.30. The van der Waals surface area contributed by atoms with Gasteiger partial charge in [0.05, 0.1) is 18.2 Å². The van der Waals surface area contributed by atoms with Gasteiger partial charge in [0, 0.05) is 19.7 Å². The van der Waals surface area contributed by atoms with Crippen molar-refractivity contribution in [3.05, 3.63) is 22.7 Å². The summed E-state index contributed by atoms with van der Waals surface area (Å²) in [5.74, 6) is -1.36. The predicted molar refractivity (Wildman–Crippen MR) is 76.6 cm³/mol. The van der Waals surface area contributed by atoms with Gasteiger partial charge in [-0.25, -0.2) is 17.9 Å². The van der Waals surface area contributed by atoms with Crippen LogP contribution < -0.4 is 9.46 Å². The van der Waals surface area contributed by atoms with Crippen LogP contribution in [-0.2, 0) is 14.8 Å². The first kappa shape index (κ1) is 17.7. The van der Waals surface area contributed by atoms with Crippen molar-refractivity contribution in [2.75, 3.05) is 20.8 Å². The molecule has 1 unspecified atom stereocenters. The van der Waals surface area contributed by atoms with Crippen molar-refractivity contribution in [2.24, 2.45) is 0 Å². The minimum absolute atomic E-state index is 0.0537. The highest BCUT2D eigenvalue weighted by Gasteiger charge is 2.23. The zero-order chi connectivity index (χ0) is 16.2. The monoisotopic (exact) mass is 337 g/mol. The van der Waals surface area contributed by atoms with E-state index in [0.717, 1.165) is 12.1 Å². The van der Waals surface area contributed by atoms with E-state index in [1.54, 1.807) is 6.92 Å². The molecule has 0 aromatic heterocycles. The van der Waals surface area contributed by atoms with Crippen molar-refractivity contribution in [1.29, 1.82) is 0 Å². The van der Waals surface area contributed by atoms with Gasteiger partial charge in [0.15, 0.2) is 0 Å². The summed E-state index contributed by atoms with van der Waals surface area (Å²) >= 11 is 5.87. The van der Waals surface area contributed by atoms with E-state index in [1.807, 2.05) is 0 Å². The number of methoxy groups -OCH3 is 2. The van der Waals surface area contributed by atoms with Gasteiger partial charge in [0.25, 0.3) is 0 Å². The molecule has 0 spiro atoms. The van der Waals surface area contributed by atoms with E-state index in [4.69, 9.17) is 26.2 Å². The van der Waals surface area contributed by atoms with E-state index in [1.165, 1.54) is 14.2 Å². The van der Waals surface area contributed by atoms with Crippen molar-refractivity contribution in [3.8, 4) is 5.75 Å². The average molecular weight is 338 g/mol. The Morgan fingerprint density at radius 2 is 2.05 bits per heavy atom. The van der Waals surface area contributed by atoms with Gasteiger partial charge >= 0.3 is 5.97 Å². The van der Waals surface area contributed by atoms with Gasteiger partial charge in [0.2, 0.25) is 10.0 Å². The van der Waals surface area contributed by atoms with Crippen molar-refractivity contribution >= 4 is 27.6 Å². The second-order valence-electron chi connectivity index (χ2n) is 4.19. The van der Waals surface area contributed by atoms with Crippen LogP contribution in [0.25, 0.3) is 0 Å². The Hall–Kier alpha value is -1.35. The highest BCUT2D eigenvalue weighted by molar-refractivity contribution is 7.89. The molecule has 0 fully saturated rings. The lowest BCUT2D eigenvalue weighted by molar-refractivity contribution is 0.0693. The lowest BCUT2D eigenvalue weighted by Gasteiger charge is -2.14. The standard InChI is InChI=1S/C12H16ClNO6S/c1-7(19-2)6-14-21(17,18)11-5-10(20-3)8(12(15)16)4-9(11)13/h4-5,7,14H,6H2,1-3H3,(H,15,16). The third-order valence-electron chi connectivity index (χ3n) is 2.74. The van der Waals surface area contributed by atoms with Crippen LogP contribution in [0.15, 0.2) is 17.0 Å². The number of carbonyl (C=O) groups is 1. The topological polar surface area (TPSA) is 102 Å². The molecule has 1 atom stereocenters. The predicted octanol–water partition coefficient (Wildman–Crippen LogP) is 1.36. The number of nitrogens with one attached hydrogen (secondary N) is 1. The van der Waals surface area contributed by atoms with Crippen LogP contribution in [0.5, 0.6) is 5.75 Å². The van der Waals surface area contributed by atoms with E-state index in [0.29, 0.717) is 0 Å². The van der Waals surface area contributed by atoms with Crippen LogP contribution in [0.4, 0.5) is 0 Å². The summed E-state index contributed by atoms with van der Waals surface area (Å²) in [6, 6.07) is 2.11. The minimum Gasteiger partial charge on any atom is -0.496 e. The molecular formula is C12H16ClNO6S. The van der Waals surface area contributed by atoms with Crippen LogP contribution in [0.2, 0.25) is 5.02 Å². The SMILES string of the molecule is COc1cc(S(=O)(=O)NCC(C)OC)c(Cl)cc1C(=O)O. The molecule has 1 rings (SSSR count). The Bertz CT molecular complexity index is 631.